The summed E-state index contributed by atoms with van der Waals surface area (Å²) in [6, 6.07) is 24.8. The van der Waals surface area contributed by atoms with Crippen LogP contribution in [0.5, 0.6) is 0 Å². The first kappa shape index (κ1) is 19.8. The van der Waals surface area contributed by atoms with Crippen LogP contribution in [0.15, 0.2) is 72.8 Å². The molecule has 1 aliphatic rings. The third kappa shape index (κ3) is 2.66. The van der Waals surface area contributed by atoms with Crippen LogP contribution in [0.3, 0.4) is 0 Å². The molecule has 0 aromatic heterocycles. The topological polar surface area (TPSA) is 54.1 Å². The van der Waals surface area contributed by atoms with Gasteiger partial charge >= 0.3 is 0 Å². The first-order chi connectivity index (χ1) is 13.4. The lowest BCUT2D eigenvalue weighted by molar-refractivity contribution is 0.131. The second kappa shape index (κ2) is 7.24. The van der Waals surface area contributed by atoms with E-state index in [0.29, 0.717) is 0 Å². The zero-order chi connectivity index (χ0) is 20.5. The van der Waals surface area contributed by atoms with Crippen LogP contribution in [-0.2, 0) is 11.1 Å². The number of benzene rings is 2. The number of hydrogen-bond donors (Lipinski definition) is 0. The second-order valence-electron chi connectivity index (χ2n) is 7.81. The SMILES string of the molecule is C=C1C(C(C#N)(c2ccccc2)N(C)C)C1C(C#N)(c1ccccc1)N(C)C. The van der Waals surface area contributed by atoms with E-state index in [1.165, 1.54) is 0 Å². The number of hydrogen-bond acceptors (Lipinski definition) is 4. The Morgan fingerprint density at radius 1 is 0.714 bits per heavy atom. The predicted octanol–water partition coefficient (Wildman–Crippen LogP) is 3.75. The molecule has 4 heteroatoms. The van der Waals surface area contributed by atoms with E-state index in [0.717, 1.165) is 16.7 Å². The molecule has 0 bridgehead atoms. The van der Waals surface area contributed by atoms with Gasteiger partial charge in [0, 0.05) is 11.8 Å². The van der Waals surface area contributed by atoms with Crippen molar-refractivity contribution in [3.8, 4) is 12.1 Å². The summed E-state index contributed by atoms with van der Waals surface area (Å²) in [4.78, 5) is 3.92. The monoisotopic (exact) mass is 370 g/mol. The fourth-order valence-corrected chi connectivity index (χ4v) is 4.62. The smallest absolute Gasteiger partial charge is 0.141 e. The van der Waals surface area contributed by atoms with Crippen LogP contribution >= 0.6 is 0 Å². The molecular weight excluding hydrogens is 344 g/mol. The van der Waals surface area contributed by atoms with Crippen molar-refractivity contribution in [3.63, 3.8) is 0 Å². The maximum atomic E-state index is 10.4. The fourth-order valence-electron chi connectivity index (χ4n) is 4.62. The molecule has 0 spiro atoms. The molecule has 0 amide bonds. The van der Waals surface area contributed by atoms with Crippen molar-refractivity contribution in [1.82, 2.24) is 9.80 Å². The normalized spacial score (nSPS) is 22.8. The molecule has 0 radical (unpaired) electrons. The molecule has 0 heterocycles. The van der Waals surface area contributed by atoms with E-state index in [1.807, 2.05) is 98.7 Å². The van der Waals surface area contributed by atoms with Gasteiger partial charge in [0.1, 0.15) is 11.1 Å². The van der Waals surface area contributed by atoms with Gasteiger partial charge in [-0.1, -0.05) is 72.8 Å². The zero-order valence-corrected chi connectivity index (χ0v) is 16.9. The minimum atomic E-state index is -0.879. The lowest BCUT2D eigenvalue weighted by atomic mass is 9.78. The van der Waals surface area contributed by atoms with Crippen LogP contribution in [0.2, 0.25) is 0 Å². The van der Waals surface area contributed by atoms with Gasteiger partial charge in [0.2, 0.25) is 0 Å². The van der Waals surface area contributed by atoms with E-state index in [9.17, 15) is 10.5 Å². The minimum Gasteiger partial charge on any atom is -0.287 e. The number of rotatable bonds is 6. The van der Waals surface area contributed by atoms with Gasteiger partial charge in [-0.2, -0.15) is 10.5 Å². The van der Waals surface area contributed by atoms with E-state index in [-0.39, 0.29) is 11.8 Å². The van der Waals surface area contributed by atoms with Gasteiger partial charge in [0.15, 0.2) is 0 Å². The maximum Gasteiger partial charge on any atom is 0.141 e. The molecule has 4 atom stereocenters. The molecule has 142 valence electrons. The summed E-state index contributed by atoms with van der Waals surface area (Å²) in [5.41, 5.74) is 1.04. The van der Waals surface area contributed by atoms with Crippen LogP contribution in [0.4, 0.5) is 0 Å². The molecule has 3 rings (SSSR count). The quantitative estimate of drug-likeness (QED) is 0.727. The summed E-state index contributed by atoms with van der Waals surface area (Å²) < 4.78 is 0. The molecule has 0 N–H and O–H groups in total. The van der Waals surface area contributed by atoms with Gasteiger partial charge in [-0.05, 0) is 39.3 Å². The lowest BCUT2D eigenvalue weighted by Gasteiger charge is -2.38. The molecule has 4 nitrogen and oxygen atoms in total. The van der Waals surface area contributed by atoms with Crippen molar-refractivity contribution < 1.29 is 0 Å². The van der Waals surface area contributed by atoms with Crippen molar-refractivity contribution in [2.45, 2.75) is 11.1 Å². The largest absolute Gasteiger partial charge is 0.287 e. The number of nitriles is 2. The van der Waals surface area contributed by atoms with Gasteiger partial charge in [-0.25, -0.2) is 0 Å². The summed E-state index contributed by atoms with van der Waals surface area (Å²) in [5.74, 6) is -0.311. The van der Waals surface area contributed by atoms with Crippen molar-refractivity contribution >= 4 is 0 Å². The fraction of sp³-hybridized carbons (Fsp3) is 0.333. The standard InChI is InChI=1S/C24H26N4/c1-18-21(23(16-25,27(2)3)19-12-8-6-9-13-19)22(18)24(17-26,28(4)5)20-14-10-7-11-15-20/h6-15,21-22H,1H2,2-5H3. The molecule has 1 fully saturated rings. The van der Waals surface area contributed by atoms with E-state index >= 15 is 0 Å². The molecular formula is C24H26N4. The van der Waals surface area contributed by atoms with E-state index in [1.54, 1.807) is 0 Å². The van der Waals surface area contributed by atoms with Crippen molar-refractivity contribution in [1.29, 1.82) is 10.5 Å². The van der Waals surface area contributed by atoms with E-state index < -0.39 is 11.1 Å². The highest BCUT2D eigenvalue weighted by Crippen LogP contribution is 2.64. The Morgan fingerprint density at radius 2 is 1.04 bits per heavy atom. The van der Waals surface area contributed by atoms with Crippen LogP contribution in [-0.4, -0.2) is 38.0 Å². The van der Waals surface area contributed by atoms with E-state index in [2.05, 4.69) is 18.7 Å². The Labute approximate surface area is 167 Å². The summed E-state index contributed by atoms with van der Waals surface area (Å²) in [6.07, 6.45) is 0. The Kier molecular flexibility index (Phi) is 5.13. The van der Waals surface area contributed by atoms with Gasteiger partial charge in [-0.3, -0.25) is 9.80 Å². The zero-order valence-electron chi connectivity index (χ0n) is 16.9. The van der Waals surface area contributed by atoms with Gasteiger partial charge in [-0.15, -0.1) is 0 Å². The van der Waals surface area contributed by atoms with Crippen molar-refractivity contribution in [2.75, 3.05) is 28.2 Å². The highest BCUT2D eigenvalue weighted by Gasteiger charge is 2.67. The lowest BCUT2D eigenvalue weighted by Crippen LogP contribution is -2.47. The highest BCUT2D eigenvalue weighted by atomic mass is 15.2. The summed E-state index contributed by atoms with van der Waals surface area (Å²) in [6.45, 7) is 4.32. The minimum absolute atomic E-state index is 0.155. The van der Waals surface area contributed by atoms with Crippen LogP contribution in [0, 0.1) is 34.5 Å². The predicted molar refractivity (Wildman–Crippen MR) is 111 cm³/mol. The Hall–Kier alpha value is -2.92. The Morgan fingerprint density at radius 3 is 1.29 bits per heavy atom. The second-order valence-corrected chi connectivity index (χ2v) is 7.81. The van der Waals surface area contributed by atoms with Crippen molar-refractivity contribution in [2.24, 2.45) is 11.8 Å². The van der Waals surface area contributed by atoms with Crippen LogP contribution < -0.4 is 0 Å². The average Bonchev–Trinajstić information content (AvgIpc) is 3.36. The summed E-state index contributed by atoms with van der Waals surface area (Å²) in [7, 11) is 7.69. The Bertz CT molecular complexity index is 859. The first-order valence-corrected chi connectivity index (χ1v) is 9.35. The Balaban J connectivity index is 2.18. The molecule has 28 heavy (non-hydrogen) atoms. The first-order valence-electron chi connectivity index (χ1n) is 9.35. The molecule has 2 aromatic carbocycles. The summed E-state index contributed by atoms with van der Waals surface area (Å²) in [5, 5.41) is 20.7. The van der Waals surface area contributed by atoms with Gasteiger partial charge in [0.05, 0.1) is 12.1 Å². The van der Waals surface area contributed by atoms with Crippen molar-refractivity contribution in [3.05, 3.63) is 83.9 Å². The van der Waals surface area contributed by atoms with Gasteiger partial charge < -0.3 is 0 Å². The van der Waals surface area contributed by atoms with Crippen LogP contribution in [0.25, 0.3) is 0 Å². The average molecular weight is 371 g/mol. The van der Waals surface area contributed by atoms with Crippen LogP contribution in [0.1, 0.15) is 11.1 Å². The third-order valence-electron chi connectivity index (χ3n) is 6.10. The molecule has 0 aliphatic heterocycles. The highest BCUT2D eigenvalue weighted by molar-refractivity contribution is 5.51. The molecule has 2 aromatic rings. The molecule has 4 unspecified atom stereocenters. The van der Waals surface area contributed by atoms with E-state index in [4.69, 9.17) is 0 Å². The molecule has 1 saturated carbocycles. The third-order valence-corrected chi connectivity index (χ3v) is 6.10. The number of nitrogens with zero attached hydrogens (tertiary/aromatic N) is 4. The summed E-state index contributed by atoms with van der Waals surface area (Å²) >= 11 is 0. The molecule has 1 aliphatic carbocycles. The van der Waals surface area contributed by atoms with Gasteiger partial charge in [0.25, 0.3) is 0 Å². The molecule has 0 saturated heterocycles. The maximum absolute atomic E-state index is 10.4.